The second kappa shape index (κ2) is 7.46. The first-order valence-electron chi connectivity index (χ1n) is 8.63. The van der Waals surface area contributed by atoms with Crippen molar-refractivity contribution in [2.45, 2.75) is 32.2 Å². The molecule has 2 aromatic rings. The summed E-state index contributed by atoms with van der Waals surface area (Å²) in [5, 5.41) is 7.56. The van der Waals surface area contributed by atoms with Crippen LogP contribution in [0.5, 0.6) is 0 Å². The lowest BCUT2D eigenvalue weighted by molar-refractivity contribution is -0.138. The lowest BCUT2D eigenvalue weighted by Gasteiger charge is -2.39. The number of carbonyl (C=O) groups is 2. The van der Waals surface area contributed by atoms with Crippen LogP contribution >= 0.6 is 0 Å². The molecule has 7 nitrogen and oxygen atoms in total. The van der Waals surface area contributed by atoms with E-state index >= 15 is 0 Å². The smallest absolute Gasteiger partial charge is 0.254 e. The molecule has 2 amide bonds. The topological polar surface area (TPSA) is 71.3 Å². The average Bonchev–Trinajstić information content (AvgIpc) is 3.17. The summed E-state index contributed by atoms with van der Waals surface area (Å²) in [7, 11) is 1.80. The van der Waals surface area contributed by atoms with Crippen LogP contribution in [-0.2, 0) is 4.79 Å². The van der Waals surface area contributed by atoms with Gasteiger partial charge >= 0.3 is 0 Å². The molecule has 7 heteroatoms. The lowest BCUT2D eigenvalue weighted by Crippen LogP contribution is -2.57. The van der Waals surface area contributed by atoms with Gasteiger partial charge in [0.05, 0.1) is 0 Å². The number of benzene rings is 1. The van der Waals surface area contributed by atoms with Crippen LogP contribution in [0, 0.1) is 0 Å². The van der Waals surface area contributed by atoms with E-state index in [-0.39, 0.29) is 17.9 Å². The largest absolute Gasteiger partial charge is 0.342 e. The van der Waals surface area contributed by atoms with Gasteiger partial charge < -0.3 is 9.80 Å². The number of piperazine rings is 1. The van der Waals surface area contributed by atoms with Gasteiger partial charge in [-0.3, -0.25) is 14.2 Å². The van der Waals surface area contributed by atoms with Gasteiger partial charge in [-0.1, -0.05) is 19.8 Å². The molecule has 0 aliphatic carbocycles. The van der Waals surface area contributed by atoms with Crippen LogP contribution < -0.4 is 0 Å². The van der Waals surface area contributed by atoms with Crippen molar-refractivity contribution in [3.8, 4) is 5.69 Å². The molecule has 0 saturated carbocycles. The number of hydrogen-bond donors (Lipinski definition) is 0. The number of carbonyl (C=O) groups excluding carboxylic acids is 2. The van der Waals surface area contributed by atoms with Crippen LogP contribution in [-0.4, -0.2) is 62.6 Å². The SMILES string of the molecule is CCCCC1C(=O)N(C)CCN1C(=O)c1ccc(-n2cnnc2)cc1. The lowest BCUT2D eigenvalue weighted by atomic mass is 10.0. The number of hydrogen-bond acceptors (Lipinski definition) is 4. The van der Waals surface area contributed by atoms with Gasteiger partial charge in [0, 0.05) is 31.4 Å². The van der Waals surface area contributed by atoms with Gasteiger partial charge in [-0.05, 0) is 30.7 Å². The second-order valence-electron chi connectivity index (χ2n) is 6.33. The van der Waals surface area contributed by atoms with Gasteiger partial charge in [-0.2, -0.15) is 0 Å². The Labute approximate surface area is 147 Å². The number of aromatic nitrogens is 3. The van der Waals surface area contributed by atoms with Crippen molar-refractivity contribution in [1.29, 1.82) is 0 Å². The van der Waals surface area contributed by atoms with Gasteiger partial charge in [-0.25, -0.2) is 0 Å². The molecular weight excluding hydrogens is 318 g/mol. The van der Waals surface area contributed by atoms with E-state index in [1.807, 2.05) is 12.1 Å². The van der Waals surface area contributed by atoms with E-state index in [0.29, 0.717) is 25.1 Å². The molecule has 1 fully saturated rings. The highest BCUT2D eigenvalue weighted by Crippen LogP contribution is 2.20. The molecule has 1 aliphatic rings. The molecule has 2 heterocycles. The fourth-order valence-electron chi connectivity index (χ4n) is 3.11. The fourth-order valence-corrected chi connectivity index (χ4v) is 3.11. The minimum atomic E-state index is -0.358. The van der Waals surface area contributed by atoms with E-state index in [0.717, 1.165) is 18.5 Å². The van der Waals surface area contributed by atoms with E-state index in [4.69, 9.17) is 0 Å². The first-order valence-corrected chi connectivity index (χ1v) is 8.63. The van der Waals surface area contributed by atoms with Crippen molar-refractivity contribution in [3.05, 3.63) is 42.5 Å². The molecule has 1 aromatic carbocycles. The number of rotatable bonds is 5. The van der Waals surface area contributed by atoms with Crippen LogP contribution in [0.15, 0.2) is 36.9 Å². The zero-order chi connectivity index (χ0) is 17.8. The summed E-state index contributed by atoms with van der Waals surface area (Å²) >= 11 is 0. The standard InChI is InChI=1S/C18H23N5O2/c1-3-4-5-16-18(25)21(2)10-11-23(16)17(24)14-6-8-15(9-7-14)22-12-19-20-13-22/h6-9,12-13,16H,3-5,10-11H2,1-2H3. The maximum Gasteiger partial charge on any atom is 0.254 e. The number of likely N-dealkylation sites (N-methyl/N-ethyl adjacent to an activating group) is 1. The molecule has 0 N–H and O–H groups in total. The third kappa shape index (κ3) is 3.55. The third-order valence-electron chi connectivity index (χ3n) is 4.64. The van der Waals surface area contributed by atoms with E-state index in [1.165, 1.54) is 0 Å². The van der Waals surface area contributed by atoms with Crippen LogP contribution in [0.2, 0.25) is 0 Å². The Hall–Kier alpha value is -2.70. The van der Waals surface area contributed by atoms with Crippen molar-refractivity contribution < 1.29 is 9.59 Å². The highest BCUT2D eigenvalue weighted by molar-refractivity contribution is 5.98. The van der Waals surface area contributed by atoms with E-state index in [1.54, 1.807) is 46.2 Å². The maximum atomic E-state index is 12.9. The third-order valence-corrected chi connectivity index (χ3v) is 4.64. The zero-order valence-electron chi connectivity index (χ0n) is 14.6. The summed E-state index contributed by atoms with van der Waals surface area (Å²) in [5.74, 6) is -0.0491. The Morgan fingerprint density at radius 3 is 2.48 bits per heavy atom. The molecule has 1 atom stereocenters. The first-order chi connectivity index (χ1) is 12.1. The molecular formula is C18H23N5O2. The molecule has 1 aromatic heterocycles. The maximum absolute atomic E-state index is 12.9. The minimum Gasteiger partial charge on any atom is -0.342 e. The monoisotopic (exact) mass is 341 g/mol. The van der Waals surface area contributed by atoms with Crippen molar-refractivity contribution >= 4 is 11.8 Å². The molecule has 1 saturated heterocycles. The predicted molar refractivity (Wildman–Crippen MR) is 93.3 cm³/mol. The van der Waals surface area contributed by atoms with Crippen molar-refractivity contribution in [2.24, 2.45) is 0 Å². The van der Waals surface area contributed by atoms with Gasteiger partial charge in [0.15, 0.2) is 0 Å². The molecule has 0 bridgehead atoms. The summed E-state index contributed by atoms with van der Waals surface area (Å²) < 4.78 is 1.78. The quantitative estimate of drug-likeness (QED) is 0.830. The summed E-state index contributed by atoms with van der Waals surface area (Å²) in [6.45, 7) is 3.24. The molecule has 25 heavy (non-hydrogen) atoms. The van der Waals surface area contributed by atoms with E-state index in [2.05, 4.69) is 17.1 Å². The second-order valence-corrected chi connectivity index (χ2v) is 6.33. The van der Waals surface area contributed by atoms with Crippen LogP contribution in [0.1, 0.15) is 36.5 Å². The van der Waals surface area contributed by atoms with Crippen LogP contribution in [0.25, 0.3) is 5.69 Å². The van der Waals surface area contributed by atoms with Crippen molar-refractivity contribution in [2.75, 3.05) is 20.1 Å². The van der Waals surface area contributed by atoms with E-state index < -0.39 is 0 Å². The zero-order valence-corrected chi connectivity index (χ0v) is 14.6. The minimum absolute atomic E-state index is 0.0363. The molecule has 132 valence electrons. The number of unbranched alkanes of at least 4 members (excludes halogenated alkanes) is 1. The first kappa shape index (κ1) is 17.1. The average molecular weight is 341 g/mol. The van der Waals surface area contributed by atoms with Gasteiger partial charge in [0.25, 0.3) is 5.91 Å². The Kier molecular flexibility index (Phi) is 5.11. The number of nitrogens with zero attached hydrogens (tertiary/aromatic N) is 5. The molecule has 3 rings (SSSR count). The molecule has 1 aliphatic heterocycles. The van der Waals surface area contributed by atoms with Crippen LogP contribution in [0.4, 0.5) is 0 Å². The summed E-state index contributed by atoms with van der Waals surface area (Å²) in [5.41, 5.74) is 1.48. The van der Waals surface area contributed by atoms with Crippen molar-refractivity contribution in [1.82, 2.24) is 24.6 Å². The Morgan fingerprint density at radius 2 is 1.84 bits per heavy atom. The Balaban J connectivity index is 1.79. The van der Waals surface area contributed by atoms with Gasteiger partial charge in [-0.15, -0.1) is 10.2 Å². The van der Waals surface area contributed by atoms with Crippen LogP contribution in [0.3, 0.4) is 0 Å². The molecule has 1 unspecified atom stereocenters. The normalized spacial score (nSPS) is 17.8. The van der Waals surface area contributed by atoms with Gasteiger partial charge in [0.1, 0.15) is 18.7 Å². The molecule has 0 spiro atoms. The number of amides is 2. The van der Waals surface area contributed by atoms with Crippen molar-refractivity contribution in [3.63, 3.8) is 0 Å². The Bertz CT molecular complexity index is 726. The highest BCUT2D eigenvalue weighted by atomic mass is 16.2. The fraction of sp³-hybridized carbons (Fsp3) is 0.444. The summed E-state index contributed by atoms with van der Waals surface area (Å²) in [4.78, 5) is 28.9. The predicted octanol–water partition coefficient (Wildman–Crippen LogP) is 1.74. The highest BCUT2D eigenvalue weighted by Gasteiger charge is 2.35. The summed E-state index contributed by atoms with van der Waals surface area (Å²) in [6.07, 6.45) is 5.86. The van der Waals surface area contributed by atoms with E-state index in [9.17, 15) is 9.59 Å². The molecule has 0 radical (unpaired) electrons. The summed E-state index contributed by atoms with van der Waals surface area (Å²) in [6, 6.07) is 6.93. The Morgan fingerprint density at radius 1 is 1.16 bits per heavy atom. The van der Waals surface area contributed by atoms with Gasteiger partial charge in [0.2, 0.25) is 5.91 Å².